The Morgan fingerprint density at radius 2 is 2.00 bits per heavy atom. The summed E-state index contributed by atoms with van der Waals surface area (Å²) in [6.07, 6.45) is 2.22. The number of guanidine groups is 1. The van der Waals surface area contributed by atoms with Crippen LogP contribution in [0.5, 0.6) is 0 Å². The molecule has 0 amide bonds. The first kappa shape index (κ1) is 16.7. The van der Waals surface area contributed by atoms with Crippen molar-refractivity contribution in [2.75, 3.05) is 20.1 Å². The number of benzene rings is 1. The van der Waals surface area contributed by atoms with Crippen LogP contribution in [0, 0.1) is 5.82 Å². The number of halogens is 1. The van der Waals surface area contributed by atoms with Gasteiger partial charge in [-0.3, -0.25) is 4.99 Å². The topological polar surface area (TPSA) is 39.7 Å². The normalized spacial score (nSPS) is 17.8. The molecule has 1 saturated heterocycles. The Morgan fingerprint density at radius 1 is 1.32 bits per heavy atom. The second-order valence-electron chi connectivity index (χ2n) is 6.07. The van der Waals surface area contributed by atoms with E-state index >= 15 is 0 Å². The van der Waals surface area contributed by atoms with E-state index in [-0.39, 0.29) is 5.82 Å². The Balaban J connectivity index is 1.80. The smallest absolute Gasteiger partial charge is 0.191 e. The van der Waals surface area contributed by atoms with Crippen LogP contribution in [0.4, 0.5) is 4.39 Å². The molecule has 0 atom stereocenters. The Bertz CT molecular complexity index is 493. The van der Waals surface area contributed by atoms with Crippen molar-refractivity contribution in [3.8, 4) is 0 Å². The van der Waals surface area contributed by atoms with E-state index in [0.717, 1.165) is 31.9 Å². The first-order valence-corrected chi connectivity index (χ1v) is 8.04. The third-order valence-corrected chi connectivity index (χ3v) is 4.23. The van der Waals surface area contributed by atoms with Crippen molar-refractivity contribution in [2.45, 2.75) is 45.3 Å². The molecule has 1 heterocycles. The largest absolute Gasteiger partial charge is 0.354 e. The zero-order valence-corrected chi connectivity index (χ0v) is 13.8. The summed E-state index contributed by atoms with van der Waals surface area (Å²) in [7, 11) is 1.75. The van der Waals surface area contributed by atoms with E-state index in [9.17, 15) is 4.39 Å². The number of nitrogens with one attached hydrogen (secondary N) is 2. The van der Waals surface area contributed by atoms with Crippen LogP contribution in [-0.2, 0) is 6.54 Å². The zero-order valence-electron chi connectivity index (χ0n) is 13.8. The van der Waals surface area contributed by atoms with Gasteiger partial charge < -0.3 is 15.5 Å². The van der Waals surface area contributed by atoms with Crippen LogP contribution in [0.1, 0.15) is 32.3 Å². The number of aliphatic imine (C=N–C) groups is 1. The van der Waals surface area contributed by atoms with Crippen LogP contribution < -0.4 is 10.6 Å². The first-order valence-electron chi connectivity index (χ1n) is 8.04. The lowest BCUT2D eigenvalue weighted by Crippen LogP contribution is -2.49. The summed E-state index contributed by atoms with van der Waals surface area (Å²) >= 11 is 0. The summed E-state index contributed by atoms with van der Waals surface area (Å²) in [5, 5.41) is 6.64. The Kier molecular flexibility index (Phi) is 6.19. The average molecular weight is 306 g/mol. The van der Waals surface area contributed by atoms with Crippen LogP contribution >= 0.6 is 0 Å². The molecule has 0 aliphatic carbocycles. The molecule has 4 nitrogen and oxygen atoms in total. The number of likely N-dealkylation sites (tertiary alicyclic amines) is 1. The molecule has 2 rings (SSSR count). The van der Waals surface area contributed by atoms with E-state index in [2.05, 4.69) is 34.4 Å². The minimum Gasteiger partial charge on any atom is -0.354 e. The van der Waals surface area contributed by atoms with E-state index in [4.69, 9.17) is 0 Å². The molecule has 122 valence electrons. The van der Waals surface area contributed by atoms with Crippen LogP contribution in [-0.4, -0.2) is 43.1 Å². The van der Waals surface area contributed by atoms with Gasteiger partial charge in [-0.15, -0.1) is 0 Å². The minimum absolute atomic E-state index is 0.185. The maximum absolute atomic E-state index is 13.6. The molecule has 0 bridgehead atoms. The van der Waals surface area contributed by atoms with Crippen LogP contribution in [0.25, 0.3) is 0 Å². The fourth-order valence-electron chi connectivity index (χ4n) is 2.77. The van der Waals surface area contributed by atoms with Crippen molar-refractivity contribution in [2.24, 2.45) is 4.99 Å². The molecule has 0 radical (unpaired) electrons. The predicted molar refractivity (Wildman–Crippen MR) is 89.5 cm³/mol. The number of nitrogens with zero attached hydrogens (tertiary/aromatic N) is 2. The fourth-order valence-corrected chi connectivity index (χ4v) is 2.77. The molecule has 1 aromatic carbocycles. The second kappa shape index (κ2) is 8.13. The molecule has 1 aliphatic heterocycles. The van der Waals surface area contributed by atoms with E-state index in [1.165, 1.54) is 6.07 Å². The molecule has 22 heavy (non-hydrogen) atoms. The van der Waals surface area contributed by atoms with Gasteiger partial charge in [0.15, 0.2) is 5.96 Å². The monoisotopic (exact) mass is 306 g/mol. The van der Waals surface area contributed by atoms with Crippen LogP contribution in [0.3, 0.4) is 0 Å². The molecule has 0 aromatic heterocycles. The average Bonchev–Trinajstić information content (AvgIpc) is 2.53. The van der Waals surface area contributed by atoms with Crippen molar-refractivity contribution in [3.05, 3.63) is 35.6 Å². The third-order valence-electron chi connectivity index (χ3n) is 4.23. The first-order chi connectivity index (χ1) is 10.6. The highest BCUT2D eigenvalue weighted by Gasteiger charge is 2.21. The Labute approximate surface area is 132 Å². The lowest BCUT2D eigenvalue weighted by atomic mass is 10.0. The maximum atomic E-state index is 13.6. The quantitative estimate of drug-likeness (QED) is 0.663. The van der Waals surface area contributed by atoms with Crippen LogP contribution in [0.2, 0.25) is 0 Å². The summed E-state index contributed by atoms with van der Waals surface area (Å²) in [6, 6.07) is 7.86. The van der Waals surface area contributed by atoms with Crippen LogP contribution in [0.15, 0.2) is 29.3 Å². The van der Waals surface area contributed by atoms with Gasteiger partial charge in [-0.2, -0.15) is 0 Å². The standard InChI is InChI=1S/C17H27FN4/c1-13(2)22-10-8-15(9-11-22)21-17(19-3)20-12-14-6-4-5-7-16(14)18/h4-7,13,15H,8-12H2,1-3H3,(H2,19,20,21). The SMILES string of the molecule is CN=C(NCc1ccccc1F)NC1CCN(C(C)C)CC1. The number of rotatable bonds is 4. The zero-order chi connectivity index (χ0) is 15.9. The van der Waals surface area contributed by atoms with Gasteiger partial charge in [0.2, 0.25) is 0 Å². The number of piperidine rings is 1. The van der Waals surface area contributed by atoms with Crippen molar-refractivity contribution >= 4 is 5.96 Å². The minimum atomic E-state index is -0.185. The highest BCUT2D eigenvalue weighted by molar-refractivity contribution is 5.79. The molecular formula is C17H27FN4. The highest BCUT2D eigenvalue weighted by Crippen LogP contribution is 2.13. The maximum Gasteiger partial charge on any atom is 0.191 e. The molecule has 1 aromatic rings. The number of hydrogen-bond donors (Lipinski definition) is 2. The molecule has 2 N–H and O–H groups in total. The van der Waals surface area contributed by atoms with Gasteiger partial charge in [-0.05, 0) is 32.8 Å². The molecule has 0 spiro atoms. The summed E-state index contributed by atoms with van der Waals surface area (Å²) < 4.78 is 13.6. The third kappa shape index (κ3) is 4.70. The van der Waals surface area contributed by atoms with Gasteiger partial charge in [0.05, 0.1) is 0 Å². The van der Waals surface area contributed by atoms with Gasteiger partial charge >= 0.3 is 0 Å². The van der Waals surface area contributed by atoms with Crippen molar-refractivity contribution in [1.29, 1.82) is 0 Å². The van der Waals surface area contributed by atoms with Gasteiger partial charge in [0, 0.05) is 44.3 Å². The van der Waals surface area contributed by atoms with Crippen molar-refractivity contribution < 1.29 is 4.39 Å². The van der Waals surface area contributed by atoms with Crippen molar-refractivity contribution in [3.63, 3.8) is 0 Å². The summed E-state index contributed by atoms with van der Waals surface area (Å²) in [5.74, 6) is 0.557. The van der Waals surface area contributed by atoms with Gasteiger partial charge in [0.25, 0.3) is 0 Å². The molecule has 0 saturated carbocycles. The highest BCUT2D eigenvalue weighted by atomic mass is 19.1. The predicted octanol–water partition coefficient (Wildman–Crippen LogP) is 2.36. The molecule has 1 fully saturated rings. The van der Waals surface area contributed by atoms with Crippen molar-refractivity contribution in [1.82, 2.24) is 15.5 Å². The van der Waals surface area contributed by atoms with E-state index in [1.54, 1.807) is 19.2 Å². The molecule has 5 heteroatoms. The molecule has 0 unspecified atom stereocenters. The van der Waals surface area contributed by atoms with Gasteiger partial charge in [0.1, 0.15) is 5.82 Å². The van der Waals surface area contributed by atoms with E-state index < -0.39 is 0 Å². The molecular weight excluding hydrogens is 279 g/mol. The summed E-state index contributed by atoms with van der Waals surface area (Å²) in [4.78, 5) is 6.73. The van der Waals surface area contributed by atoms with E-state index in [1.807, 2.05) is 6.07 Å². The lowest BCUT2D eigenvalue weighted by Gasteiger charge is -2.35. The fraction of sp³-hybridized carbons (Fsp3) is 0.588. The molecule has 1 aliphatic rings. The van der Waals surface area contributed by atoms with Gasteiger partial charge in [-0.25, -0.2) is 4.39 Å². The van der Waals surface area contributed by atoms with E-state index in [0.29, 0.717) is 24.2 Å². The number of hydrogen-bond acceptors (Lipinski definition) is 2. The Hall–Kier alpha value is -1.62. The summed E-state index contributed by atoms with van der Waals surface area (Å²) in [5.41, 5.74) is 0.653. The second-order valence-corrected chi connectivity index (χ2v) is 6.07. The lowest BCUT2D eigenvalue weighted by molar-refractivity contribution is 0.167. The van der Waals surface area contributed by atoms with Gasteiger partial charge in [-0.1, -0.05) is 18.2 Å². The Morgan fingerprint density at radius 3 is 2.59 bits per heavy atom. The summed E-state index contributed by atoms with van der Waals surface area (Å²) in [6.45, 7) is 7.14.